The number of urea groups is 1. The number of aliphatic hydroxyl groups is 1. The molecule has 0 spiro atoms. The molecule has 0 saturated carbocycles. The fourth-order valence-electron chi connectivity index (χ4n) is 6.95. The monoisotopic (exact) mass is 561 g/mol. The number of nitrogens with zero attached hydrogens (tertiary/aromatic N) is 4. The minimum absolute atomic E-state index is 0.0409. The Hall–Kier alpha value is -3.83. The van der Waals surface area contributed by atoms with E-state index in [4.69, 9.17) is 9.72 Å². The second-order valence-corrected chi connectivity index (χ2v) is 11.6. The fourth-order valence-corrected chi connectivity index (χ4v) is 6.95. The highest BCUT2D eigenvalue weighted by molar-refractivity contribution is 5.94. The lowest BCUT2D eigenvalue weighted by atomic mass is 9.81. The van der Waals surface area contributed by atoms with Crippen LogP contribution >= 0.6 is 0 Å². The molecule has 1 aliphatic carbocycles. The topological polar surface area (TPSA) is 117 Å². The average Bonchev–Trinajstić information content (AvgIpc) is 3.33. The van der Waals surface area contributed by atoms with E-state index >= 15 is 4.39 Å². The van der Waals surface area contributed by atoms with Gasteiger partial charge in [0.15, 0.2) is 5.60 Å². The summed E-state index contributed by atoms with van der Waals surface area (Å²) in [5.74, 6) is -1.14. The molecule has 41 heavy (non-hydrogen) atoms. The highest BCUT2D eigenvalue weighted by Gasteiger charge is 2.46. The van der Waals surface area contributed by atoms with Crippen molar-refractivity contribution in [3.05, 3.63) is 61.7 Å². The van der Waals surface area contributed by atoms with Crippen LogP contribution in [0.25, 0.3) is 22.3 Å². The molecule has 2 amide bonds. The molecule has 1 aromatic carbocycles. The minimum Gasteiger partial charge on any atom is -0.458 e. The number of carbonyl (C=O) groups is 2. The SMILES string of the molecule is CC[C@]1(O)C(=O)OCc2c1cc1n(c2=O)Cc2c-1nc1cc(F)c(C)c3c1c2[C@@H](NC(=O)N1CCN(C)CC1)CC3. The molecule has 3 aromatic rings. The Balaban J connectivity index is 1.41. The molecule has 0 radical (unpaired) electrons. The Morgan fingerprint density at radius 3 is 2.68 bits per heavy atom. The van der Waals surface area contributed by atoms with Crippen LogP contribution in [-0.4, -0.2) is 69.7 Å². The number of benzene rings is 1. The van der Waals surface area contributed by atoms with Crippen LogP contribution in [0.15, 0.2) is 16.9 Å². The number of hydrogen-bond acceptors (Lipinski definition) is 7. The standard InChI is InChI=1S/C30H32FN5O5/c1-4-30(40)19-11-23-26-17(13-36(23)27(37)18(19)14-41-28(30)38)25-21(33-29(39)35-9-7-34(3)8-10-35)6-5-16-15(2)20(31)12-22(32-26)24(16)25/h11-12,21,40H,4-10,13-14H2,1-3H3,(H,33,39)/t21-,30+/m0/s1. The van der Waals surface area contributed by atoms with Gasteiger partial charge in [-0.3, -0.25) is 4.79 Å². The Morgan fingerprint density at radius 1 is 1.20 bits per heavy atom. The Morgan fingerprint density at radius 2 is 1.95 bits per heavy atom. The van der Waals surface area contributed by atoms with Crippen LogP contribution in [-0.2, 0) is 34.7 Å². The van der Waals surface area contributed by atoms with E-state index in [1.54, 1.807) is 24.5 Å². The number of fused-ring (bicyclic) bond motifs is 5. The summed E-state index contributed by atoms with van der Waals surface area (Å²) in [4.78, 5) is 48.6. The van der Waals surface area contributed by atoms with Gasteiger partial charge in [0.1, 0.15) is 12.4 Å². The van der Waals surface area contributed by atoms with E-state index in [1.165, 1.54) is 6.07 Å². The van der Waals surface area contributed by atoms with Crippen molar-refractivity contribution in [3.8, 4) is 11.4 Å². The maximum atomic E-state index is 15.1. The molecule has 3 aliphatic heterocycles. The molecule has 0 unspecified atom stereocenters. The molecule has 7 rings (SSSR count). The zero-order chi connectivity index (χ0) is 28.8. The number of aryl methyl sites for hydroxylation is 1. The quantitative estimate of drug-likeness (QED) is 0.361. The summed E-state index contributed by atoms with van der Waals surface area (Å²) in [6.07, 6.45) is 1.21. The number of piperazine rings is 1. The van der Waals surface area contributed by atoms with Crippen LogP contribution in [0.4, 0.5) is 9.18 Å². The third-order valence-corrected chi connectivity index (χ3v) is 9.47. The van der Waals surface area contributed by atoms with Crippen LogP contribution in [0.1, 0.15) is 59.2 Å². The molecule has 0 bridgehead atoms. The van der Waals surface area contributed by atoms with E-state index in [-0.39, 0.29) is 54.1 Å². The number of hydrogen-bond donors (Lipinski definition) is 2. The van der Waals surface area contributed by atoms with Crippen molar-refractivity contribution in [2.24, 2.45) is 0 Å². The van der Waals surface area contributed by atoms with Crippen LogP contribution in [0.3, 0.4) is 0 Å². The lowest BCUT2D eigenvalue weighted by Gasteiger charge is -2.35. The predicted octanol–water partition coefficient (Wildman–Crippen LogP) is 2.47. The molecule has 5 heterocycles. The van der Waals surface area contributed by atoms with E-state index in [1.807, 2.05) is 11.9 Å². The maximum Gasteiger partial charge on any atom is 0.343 e. The molecule has 2 N–H and O–H groups in total. The number of cyclic esters (lactones) is 1. The summed E-state index contributed by atoms with van der Waals surface area (Å²) in [6, 6.07) is 2.58. The first-order chi connectivity index (χ1) is 19.6. The van der Waals surface area contributed by atoms with E-state index in [0.29, 0.717) is 48.4 Å². The van der Waals surface area contributed by atoms with Crippen molar-refractivity contribution in [1.29, 1.82) is 0 Å². The van der Waals surface area contributed by atoms with E-state index in [2.05, 4.69) is 10.2 Å². The van der Waals surface area contributed by atoms with Gasteiger partial charge in [0.2, 0.25) is 0 Å². The fraction of sp³-hybridized carbons (Fsp3) is 0.467. The van der Waals surface area contributed by atoms with E-state index in [9.17, 15) is 19.5 Å². The second kappa shape index (κ2) is 9.09. The van der Waals surface area contributed by atoms with Crippen LogP contribution in [0, 0.1) is 12.7 Å². The zero-order valence-corrected chi connectivity index (χ0v) is 23.3. The van der Waals surface area contributed by atoms with Gasteiger partial charge in [0.25, 0.3) is 5.56 Å². The number of carbonyl (C=O) groups excluding carboxylic acids is 2. The third kappa shape index (κ3) is 3.68. The first-order valence-corrected chi connectivity index (χ1v) is 14.2. The molecule has 10 nitrogen and oxygen atoms in total. The number of pyridine rings is 2. The van der Waals surface area contributed by atoms with Crippen molar-refractivity contribution < 1.29 is 23.8 Å². The predicted molar refractivity (Wildman–Crippen MR) is 148 cm³/mol. The van der Waals surface area contributed by atoms with Gasteiger partial charge in [-0.2, -0.15) is 0 Å². The molecule has 2 aromatic heterocycles. The van der Waals surface area contributed by atoms with Gasteiger partial charge in [0, 0.05) is 48.8 Å². The smallest absolute Gasteiger partial charge is 0.343 e. The van der Waals surface area contributed by atoms with Gasteiger partial charge in [-0.1, -0.05) is 6.92 Å². The highest BCUT2D eigenvalue weighted by atomic mass is 19.1. The largest absolute Gasteiger partial charge is 0.458 e. The molecule has 214 valence electrons. The number of amides is 2. The summed E-state index contributed by atoms with van der Waals surface area (Å²) >= 11 is 0. The Kier molecular flexibility index (Phi) is 5.78. The van der Waals surface area contributed by atoms with Gasteiger partial charge in [0.05, 0.1) is 35.1 Å². The lowest BCUT2D eigenvalue weighted by molar-refractivity contribution is -0.172. The van der Waals surface area contributed by atoms with Crippen LogP contribution < -0.4 is 10.9 Å². The van der Waals surface area contributed by atoms with Crippen LogP contribution in [0.5, 0.6) is 0 Å². The van der Waals surface area contributed by atoms with Gasteiger partial charge in [-0.15, -0.1) is 0 Å². The van der Waals surface area contributed by atoms with Crippen molar-refractivity contribution >= 4 is 22.9 Å². The molecular formula is C30H32FN5O5. The number of halogens is 1. The molecule has 1 fully saturated rings. The Labute approximate surface area is 235 Å². The Bertz CT molecular complexity index is 1730. The van der Waals surface area contributed by atoms with Gasteiger partial charge in [-0.05, 0) is 56.0 Å². The molecule has 2 atom stereocenters. The van der Waals surface area contributed by atoms with E-state index < -0.39 is 11.6 Å². The number of aromatic nitrogens is 2. The van der Waals surface area contributed by atoms with Crippen molar-refractivity contribution in [2.75, 3.05) is 33.2 Å². The van der Waals surface area contributed by atoms with Crippen molar-refractivity contribution in [2.45, 2.75) is 57.9 Å². The van der Waals surface area contributed by atoms with Crippen molar-refractivity contribution in [3.63, 3.8) is 0 Å². The minimum atomic E-state index is -1.94. The summed E-state index contributed by atoms with van der Waals surface area (Å²) in [6.45, 7) is 6.28. The number of likely N-dealkylation sites (N-methyl/N-ethyl adjacent to an activating group) is 1. The molecule has 1 saturated heterocycles. The number of esters is 1. The van der Waals surface area contributed by atoms with Gasteiger partial charge >= 0.3 is 12.0 Å². The second-order valence-electron chi connectivity index (χ2n) is 11.6. The van der Waals surface area contributed by atoms with Gasteiger partial charge in [-0.25, -0.2) is 19.0 Å². The summed E-state index contributed by atoms with van der Waals surface area (Å²) in [7, 11) is 2.03. The number of ether oxygens (including phenoxy) is 1. The third-order valence-electron chi connectivity index (χ3n) is 9.47. The first kappa shape index (κ1) is 26.1. The lowest BCUT2D eigenvalue weighted by Crippen LogP contribution is -2.51. The first-order valence-electron chi connectivity index (χ1n) is 14.2. The zero-order valence-electron chi connectivity index (χ0n) is 23.3. The molecule has 11 heteroatoms. The van der Waals surface area contributed by atoms with Crippen molar-refractivity contribution in [1.82, 2.24) is 24.7 Å². The molecular weight excluding hydrogens is 529 g/mol. The average molecular weight is 562 g/mol. The number of rotatable bonds is 2. The van der Waals surface area contributed by atoms with Crippen LogP contribution in [0.2, 0.25) is 0 Å². The number of nitrogens with one attached hydrogen (secondary N) is 1. The normalized spacial score (nSPS) is 23.2. The summed E-state index contributed by atoms with van der Waals surface area (Å²) in [5, 5.41) is 15.3. The summed E-state index contributed by atoms with van der Waals surface area (Å²) < 4.78 is 21.9. The van der Waals surface area contributed by atoms with E-state index in [0.717, 1.165) is 35.2 Å². The maximum absolute atomic E-state index is 15.1. The highest BCUT2D eigenvalue weighted by Crippen LogP contribution is 2.46. The molecule has 4 aliphatic rings. The van der Waals surface area contributed by atoms with Gasteiger partial charge < -0.3 is 29.5 Å². The summed E-state index contributed by atoms with van der Waals surface area (Å²) in [5.41, 5.74) is 2.68.